The maximum absolute atomic E-state index is 13.5. The van der Waals surface area contributed by atoms with Gasteiger partial charge in [0, 0.05) is 33.4 Å². The van der Waals surface area contributed by atoms with Crippen molar-refractivity contribution in [1.29, 1.82) is 0 Å². The van der Waals surface area contributed by atoms with E-state index < -0.39 is 8.07 Å². The van der Waals surface area contributed by atoms with Crippen molar-refractivity contribution in [2.75, 3.05) is 11.5 Å². The van der Waals surface area contributed by atoms with Crippen LogP contribution in [-0.2, 0) is 30.4 Å². The third-order valence-corrected chi connectivity index (χ3v) is 26.3. The fraction of sp³-hybridized carbons (Fsp3) is 0.287. The zero-order valence-electron chi connectivity index (χ0n) is 60.7. The van der Waals surface area contributed by atoms with E-state index in [-0.39, 0.29) is 5.97 Å². The van der Waals surface area contributed by atoms with Crippen molar-refractivity contribution < 1.29 is 9.53 Å². The summed E-state index contributed by atoms with van der Waals surface area (Å²) < 4.78 is 18.4. The van der Waals surface area contributed by atoms with Crippen molar-refractivity contribution in [3.8, 4) is 39.1 Å². The summed E-state index contributed by atoms with van der Waals surface area (Å²) in [4.78, 5) is 15.9. The van der Waals surface area contributed by atoms with E-state index in [9.17, 15) is 4.79 Å². The molecule has 0 aliphatic rings. The number of esters is 1. The lowest BCUT2D eigenvalue weighted by molar-refractivity contribution is 0.0526. The molecule has 0 radical (unpaired) electrons. The highest BCUT2D eigenvalue weighted by atomic mass is 32.1. The summed E-state index contributed by atoms with van der Waals surface area (Å²) in [6.45, 7) is 11.3. The Bertz CT molecular complexity index is 4740. The first-order valence-electron chi connectivity index (χ1n) is 38.3. The van der Waals surface area contributed by atoms with E-state index in [1.807, 2.05) is 19.1 Å². The van der Waals surface area contributed by atoms with Crippen LogP contribution in [0.5, 0.6) is 0 Å². The van der Waals surface area contributed by atoms with Crippen molar-refractivity contribution in [2.45, 2.75) is 169 Å². The van der Waals surface area contributed by atoms with Gasteiger partial charge in [0.05, 0.1) is 40.6 Å². The summed E-state index contributed by atoms with van der Waals surface area (Å²) in [5.41, 5.74) is 21.2. The second-order valence-electron chi connectivity index (χ2n) is 28.1. The van der Waals surface area contributed by atoms with Gasteiger partial charge in [-0.1, -0.05) is 287 Å². The molecule has 2 aromatic heterocycles. The molecule has 0 spiro atoms. The Balaban J connectivity index is 0.919. The summed E-state index contributed by atoms with van der Waals surface area (Å²) >= 11 is 1.26. The summed E-state index contributed by atoms with van der Waals surface area (Å²) in [7, 11) is -2.81. The molecule has 0 amide bonds. The van der Waals surface area contributed by atoms with Crippen molar-refractivity contribution in [2.24, 2.45) is 0 Å². The number of aryl methyl sites for hydroxylation is 4. The Morgan fingerprint density at radius 3 is 1.29 bits per heavy atom. The van der Waals surface area contributed by atoms with Crippen LogP contribution < -0.4 is 25.6 Å². The minimum Gasteiger partial charge on any atom is -0.462 e. The van der Waals surface area contributed by atoms with E-state index in [1.165, 1.54) is 186 Å². The largest absolute Gasteiger partial charge is 0.462 e. The number of hydrogen-bond donors (Lipinski definition) is 0. The molecule has 0 bridgehead atoms. The Hall–Kier alpha value is -9.47. The number of ether oxygens (including phenoxy) is 1. The molecule has 0 aliphatic carbocycles. The molecule has 6 nitrogen and oxygen atoms in total. The third kappa shape index (κ3) is 15.9. The average Bonchev–Trinajstić information content (AvgIpc) is 1.41. The molecule has 13 aromatic rings. The van der Waals surface area contributed by atoms with Gasteiger partial charge in [-0.15, -0.1) is 0 Å². The van der Waals surface area contributed by atoms with Gasteiger partial charge in [-0.3, -0.25) is 0 Å². The van der Waals surface area contributed by atoms with Crippen LogP contribution in [0.2, 0.25) is 0 Å². The highest BCUT2D eigenvalue weighted by Crippen LogP contribution is 2.44. The molecule has 8 heteroatoms. The minimum absolute atomic E-state index is 0.298. The van der Waals surface area contributed by atoms with Crippen LogP contribution >= 0.6 is 11.7 Å². The number of fused-ring (bicyclic) bond motifs is 4. The molecule has 102 heavy (non-hydrogen) atoms. The number of aromatic nitrogens is 3. The maximum atomic E-state index is 13.5. The Morgan fingerprint density at radius 2 is 0.824 bits per heavy atom. The standard InChI is InChI=1S/C94H100N4O2SSi/c1-6-11-15-19-26-36-72-62-71(35-25-18-14-9-4)65-78(66-72)74-45-51-80(52-46-74)97(79-49-43-73(44-50-79)77-63-69(33-23-16-12-7-2)61-70(64-77)34-24-17-13-8-3)90-60-58-86(92-93(90)96-101-95-92)75-47-57-87-88-67-76(94(99)100-10-5)48-59-89(88)98(91(87)68-75)81-53-55-85(56-54-81)102(82-37-27-20-28-38-82,83-39-29-21-30-40-83)84-41-31-22-32-42-84/h20-22,27-32,37-68H,6-19,23-26,33-36H2,1-5H3. The van der Waals surface area contributed by atoms with Gasteiger partial charge in [0.2, 0.25) is 0 Å². The normalized spacial score (nSPS) is 11.7. The molecule has 0 atom stereocenters. The Labute approximate surface area is 611 Å². The first kappa shape index (κ1) is 70.9. The minimum atomic E-state index is -2.81. The molecule has 2 heterocycles. The second kappa shape index (κ2) is 34.5. The zero-order chi connectivity index (χ0) is 70.0. The van der Waals surface area contributed by atoms with E-state index >= 15 is 0 Å². The van der Waals surface area contributed by atoms with Gasteiger partial charge in [-0.05, 0) is 202 Å². The van der Waals surface area contributed by atoms with E-state index in [2.05, 4.69) is 274 Å². The number of unbranched alkanes of at least 4 members (excludes halogenated alkanes) is 13. The highest BCUT2D eigenvalue weighted by Gasteiger charge is 2.41. The van der Waals surface area contributed by atoms with Crippen LogP contribution in [0.3, 0.4) is 0 Å². The molecule has 13 rings (SSSR count). The number of hydrogen-bond acceptors (Lipinski definition) is 6. The van der Waals surface area contributed by atoms with Crippen LogP contribution in [0, 0.1) is 0 Å². The van der Waals surface area contributed by atoms with Crippen LogP contribution in [0.4, 0.5) is 17.1 Å². The number of anilines is 3. The molecule has 0 fully saturated rings. The van der Waals surface area contributed by atoms with Gasteiger partial charge in [0.25, 0.3) is 0 Å². The maximum Gasteiger partial charge on any atom is 0.338 e. The molecular formula is C94H100N4O2SSi. The first-order valence-corrected chi connectivity index (χ1v) is 41.1. The second-order valence-corrected chi connectivity index (χ2v) is 32.4. The topological polar surface area (TPSA) is 60.2 Å². The molecule has 11 aromatic carbocycles. The van der Waals surface area contributed by atoms with Crippen molar-refractivity contribution >= 4 is 96.4 Å². The molecule has 0 saturated carbocycles. The van der Waals surface area contributed by atoms with Crippen molar-refractivity contribution in [1.82, 2.24) is 13.3 Å². The van der Waals surface area contributed by atoms with Gasteiger partial charge in [0.15, 0.2) is 8.07 Å². The molecule has 0 aliphatic heterocycles. The molecule has 0 N–H and O–H groups in total. The fourth-order valence-electron chi connectivity index (χ4n) is 15.7. The van der Waals surface area contributed by atoms with Gasteiger partial charge in [-0.2, -0.15) is 8.75 Å². The summed E-state index contributed by atoms with van der Waals surface area (Å²) in [5.74, 6) is -0.333. The molecule has 0 unspecified atom stereocenters. The Morgan fingerprint density at radius 1 is 0.382 bits per heavy atom. The zero-order valence-corrected chi connectivity index (χ0v) is 62.6. The van der Waals surface area contributed by atoms with Gasteiger partial charge in [0.1, 0.15) is 11.0 Å². The fourth-order valence-corrected chi connectivity index (χ4v) is 21.0. The van der Waals surface area contributed by atoms with Crippen LogP contribution in [0.15, 0.2) is 249 Å². The number of rotatable bonds is 34. The molecular weight excluding hydrogens is 1280 g/mol. The van der Waals surface area contributed by atoms with Crippen molar-refractivity contribution in [3.05, 3.63) is 277 Å². The molecule has 518 valence electrons. The number of carbonyl (C=O) groups is 1. The Kier molecular flexibility index (Phi) is 24.0. The van der Waals surface area contributed by atoms with E-state index in [1.54, 1.807) is 0 Å². The summed E-state index contributed by atoms with van der Waals surface area (Å²) in [5, 5.41) is 7.27. The van der Waals surface area contributed by atoms with E-state index in [0.29, 0.717) is 12.2 Å². The van der Waals surface area contributed by atoms with Crippen LogP contribution in [0.1, 0.15) is 176 Å². The molecule has 0 saturated heterocycles. The van der Waals surface area contributed by atoms with E-state index in [0.717, 1.165) is 92.4 Å². The summed E-state index contributed by atoms with van der Waals surface area (Å²) in [6, 6.07) is 93.2. The third-order valence-electron chi connectivity index (χ3n) is 21.0. The lowest BCUT2D eigenvalue weighted by atomic mass is 9.94. The lowest BCUT2D eigenvalue weighted by Crippen LogP contribution is -2.74. The highest BCUT2D eigenvalue weighted by molar-refractivity contribution is 7.19. The summed E-state index contributed by atoms with van der Waals surface area (Å²) in [6.07, 6.45) is 25.9. The number of carbonyl (C=O) groups excluding carboxylic acids is 1. The van der Waals surface area contributed by atoms with Crippen LogP contribution in [0.25, 0.3) is 71.9 Å². The predicted molar refractivity (Wildman–Crippen MR) is 438 cm³/mol. The average molecular weight is 1380 g/mol. The van der Waals surface area contributed by atoms with Crippen molar-refractivity contribution in [3.63, 3.8) is 0 Å². The van der Waals surface area contributed by atoms with Gasteiger partial charge in [-0.25, -0.2) is 4.79 Å². The van der Waals surface area contributed by atoms with E-state index in [4.69, 9.17) is 13.5 Å². The predicted octanol–water partition coefficient (Wildman–Crippen LogP) is 23.7. The lowest BCUT2D eigenvalue weighted by Gasteiger charge is -2.34. The number of benzene rings is 11. The van der Waals surface area contributed by atoms with Crippen LogP contribution in [-0.4, -0.2) is 34.0 Å². The smallest absolute Gasteiger partial charge is 0.338 e. The van der Waals surface area contributed by atoms with Gasteiger partial charge < -0.3 is 14.2 Å². The first-order chi connectivity index (χ1) is 50.3. The monoisotopic (exact) mass is 1380 g/mol. The van der Waals surface area contributed by atoms with Gasteiger partial charge >= 0.3 is 5.97 Å². The number of nitrogens with zero attached hydrogens (tertiary/aromatic N) is 4. The SMILES string of the molecule is CCCCCCCc1cc(CCCCCC)cc(-c2ccc(N(c3ccc(-c4cc(CCCCCC)cc(CCCCCC)c4)cc3)c3ccc(-c4ccc5c6cc(C(=O)OCC)ccc6n(-c6ccc([Si](c7ccccc7)(c7ccccc7)c7ccccc7)cc6)c5c4)c4nsnc34)cc2)c1. The quantitative estimate of drug-likeness (QED) is 0.0174.